The molecular formula is C25H29F6N5O3. The van der Waals surface area contributed by atoms with E-state index in [1.807, 2.05) is 0 Å². The second-order valence-corrected chi connectivity index (χ2v) is 9.15. The van der Waals surface area contributed by atoms with Crippen LogP contribution < -0.4 is 4.74 Å². The maximum atomic E-state index is 13.4. The summed E-state index contributed by atoms with van der Waals surface area (Å²) in [6.07, 6.45) is -7.04. The van der Waals surface area contributed by atoms with E-state index in [-0.39, 0.29) is 53.7 Å². The highest BCUT2D eigenvalue weighted by molar-refractivity contribution is 6.12. The molecule has 2 aromatic rings. The van der Waals surface area contributed by atoms with Crippen molar-refractivity contribution in [2.24, 2.45) is 17.3 Å². The van der Waals surface area contributed by atoms with Crippen LogP contribution in [-0.2, 0) is 30.6 Å². The molecule has 0 aromatic carbocycles. The molecule has 1 saturated heterocycles. The number of nitrogens with zero attached hydrogens (tertiary/aromatic N) is 5. The molecule has 39 heavy (non-hydrogen) atoms. The lowest BCUT2D eigenvalue weighted by Gasteiger charge is -2.23. The Balaban J connectivity index is 1.65. The van der Waals surface area contributed by atoms with E-state index in [1.54, 1.807) is 0 Å². The minimum absolute atomic E-state index is 0.0965. The number of aryl methyl sites for hydroxylation is 1. The zero-order valence-electron chi connectivity index (χ0n) is 21.4. The smallest absolute Gasteiger partial charge is 0.435 e. The number of aliphatic hydroxyl groups excluding tert-OH is 1. The highest BCUT2D eigenvalue weighted by Gasteiger charge is 2.38. The predicted molar refractivity (Wildman–Crippen MR) is 131 cm³/mol. The van der Waals surface area contributed by atoms with Crippen LogP contribution in [0, 0.1) is 0 Å². The monoisotopic (exact) mass is 561 g/mol. The largest absolute Gasteiger partial charge is 0.474 e. The van der Waals surface area contributed by atoms with E-state index >= 15 is 0 Å². The molecule has 0 amide bonds. The van der Waals surface area contributed by atoms with Crippen LogP contribution >= 0.6 is 0 Å². The van der Waals surface area contributed by atoms with Crippen LogP contribution in [0.5, 0.6) is 5.88 Å². The summed E-state index contributed by atoms with van der Waals surface area (Å²) in [6.45, 7) is 6.03. The van der Waals surface area contributed by atoms with Crippen molar-refractivity contribution in [2.75, 3.05) is 13.2 Å². The number of ether oxygens (including phenoxy) is 2. The number of alkyl halides is 6. The summed E-state index contributed by atoms with van der Waals surface area (Å²) in [5.74, 6) is -0.171. The number of allylic oxidation sites excluding steroid dienone is 1. The molecule has 1 atom stereocenters. The first kappa shape index (κ1) is 30.3. The topological polar surface area (TPSA) is 94.1 Å². The first-order valence-corrected chi connectivity index (χ1v) is 12.1. The summed E-state index contributed by atoms with van der Waals surface area (Å²) in [7, 11) is 1.35. The second-order valence-electron chi connectivity index (χ2n) is 9.15. The Morgan fingerprint density at radius 1 is 1.23 bits per heavy atom. The first-order chi connectivity index (χ1) is 18.2. The lowest BCUT2D eigenvalue weighted by Crippen LogP contribution is -2.26. The van der Waals surface area contributed by atoms with Gasteiger partial charge in [-0.2, -0.15) is 41.6 Å². The maximum Gasteiger partial charge on any atom is 0.435 e. The van der Waals surface area contributed by atoms with Gasteiger partial charge in [-0.05, 0) is 43.4 Å². The Hall–Kier alpha value is -3.26. The van der Waals surface area contributed by atoms with Gasteiger partial charge in [0.2, 0.25) is 5.88 Å². The minimum atomic E-state index is -4.70. The number of hydrogen-bond donors (Lipinski definition) is 1. The summed E-state index contributed by atoms with van der Waals surface area (Å²) in [5.41, 5.74) is -2.17. The molecule has 8 nitrogen and oxygen atoms in total. The summed E-state index contributed by atoms with van der Waals surface area (Å²) >= 11 is 0. The predicted octanol–water partition coefficient (Wildman–Crippen LogP) is 5.15. The van der Waals surface area contributed by atoms with Gasteiger partial charge >= 0.3 is 12.4 Å². The van der Waals surface area contributed by atoms with Crippen molar-refractivity contribution in [2.45, 2.75) is 63.6 Å². The molecular weight excluding hydrogens is 532 g/mol. The van der Waals surface area contributed by atoms with Crippen LogP contribution in [-0.4, -0.2) is 57.2 Å². The van der Waals surface area contributed by atoms with E-state index in [0.717, 1.165) is 10.7 Å². The summed E-state index contributed by atoms with van der Waals surface area (Å²) < 4.78 is 92.0. The van der Waals surface area contributed by atoms with E-state index in [4.69, 9.17) is 9.47 Å². The Morgan fingerprint density at radius 2 is 1.92 bits per heavy atom. The first-order valence-electron chi connectivity index (χ1n) is 12.1. The van der Waals surface area contributed by atoms with Crippen molar-refractivity contribution in [1.82, 2.24) is 14.8 Å². The number of aliphatic hydroxyl groups is 1. The zero-order valence-corrected chi connectivity index (χ0v) is 21.4. The molecule has 1 fully saturated rings. The lowest BCUT2D eigenvalue weighted by molar-refractivity contribution is -0.142. The quantitative estimate of drug-likeness (QED) is 0.246. The van der Waals surface area contributed by atoms with E-state index < -0.39 is 29.8 Å². The van der Waals surface area contributed by atoms with Crippen molar-refractivity contribution in [1.29, 1.82) is 0 Å². The maximum absolute atomic E-state index is 13.4. The van der Waals surface area contributed by atoms with Gasteiger partial charge in [-0.1, -0.05) is 6.58 Å². The van der Waals surface area contributed by atoms with Gasteiger partial charge in [-0.15, -0.1) is 0 Å². The molecule has 1 unspecified atom stereocenters. The third-order valence-corrected chi connectivity index (χ3v) is 5.70. The van der Waals surface area contributed by atoms with Crippen molar-refractivity contribution in [3.05, 3.63) is 53.0 Å². The van der Waals surface area contributed by atoms with Crippen molar-refractivity contribution in [3.63, 3.8) is 0 Å². The number of halogens is 6. The highest BCUT2D eigenvalue weighted by Crippen LogP contribution is 2.32. The molecule has 0 aliphatic carbocycles. The van der Waals surface area contributed by atoms with Gasteiger partial charge in [-0.25, -0.2) is 4.98 Å². The molecule has 0 radical (unpaired) electrons. The third kappa shape index (κ3) is 8.88. The van der Waals surface area contributed by atoms with Gasteiger partial charge in [0.15, 0.2) is 5.69 Å². The Kier molecular flexibility index (Phi) is 9.88. The molecule has 1 N–H and O–H groups in total. The number of rotatable bonds is 10. The molecule has 1 aliphatic heterocycles. The van der Waals surface area contributed by atoms with Gasteiger partial charge in [0.05, 0.1) is 30.6 Å². The van der Waals surface area contributed by atoms with Crippen molar-refractivity contribution in [3.8, 4) is 5.88 Å². The fourth-order valence-corrected chi connectivity index (χ4v) is 3.88. The highest BCUT2D eigenvalue weighted by atomic mass is 19.4. The normalized spacial score (nSPS) is 16.6. The molecule has 0 spiro atoms. The van der Waals surface area contributed by atoms with E-state index in [0.29, 0.717) is 26.1 Å². The van der Waals surface area contributed by atoms with Gasteiger partial charge in [0.25, 0.3) is 0 Å². The van der Waals surface area contributed by atoms with Crippen LogP contribution in [0.2, 0.25) is 0 Å². The fraction of sp³-hybridized carbons (Fsp3) is 0.520. The van der Waals surface area contributed by atoms with Crippen LogP contribution in [0.3, 0.4) is 0 Å². The molecule has 0 bridgehead atoms. The summed E-state index contributed by atoms with van der Waals surface area (Å²) in [6, 6.07) is 2.24. The third-order valence-electron chi connectivity index (χ3n) is 5.70. The van der Waals surface area contributed by atoms with E-state index in [1.165, 1.54) is 32.4 Å². The van der Waals surface area contributed by atoms with E-state index in [2.05, 4.69) is 26.9 Å². The standard InChI is InChI=1S/C25H29F6N5O3/c1-15(2)22(19-14-36(3)35-23(19)25(29,30)31)34-32-8-4-5-17(37)11-16-12-20(24(26,27)28)33-21(13-16)39-18-6-9-38-10-7-18/h8,12-14,17-18,37H,1,4-7,9-11H2,2-3H3/b32-8+,34-22+. The Bertz CT molecular complexity index is 1200. The van der Waals surface area contributed by atoms with Crippen LogP contribution in [0.25, 0.3) is 0 Å². The van der Waals surface area contributed by atoms with Crippen LogP contribution in [0.4, 0.5) is 26.3 Å². The number of pyridine rings is 1. The number of aromatic nitrogens is 3. The SMILES string of the molecule is C=C(C)/C(=N\N=C\CCC(O)Cc1cc(OC2CCOCC2)nc(C(F)(F)F)c1)c1cn(C)nc1C(F)(F)F. The van der Waals surface area contributed by atoms with Crippen molar-refractivity contribution >= 4 is 11.9 Å². The molecule has 0 saturated carbocycles. The van der Waals surface area contributed by atoms with E-state index in [9.17, 15) is 31.4 Å². The molecule has 214 valence electrons. The van der Waals surface area contributed by atoms with Gasteiger partial charge < -0.3 is 14.6 Å². The number of hydrogen-bond acceptors (Lipinski definition) is 7. The molecule has 3 rings (SSSR count). The lowest BCUT2D eigenvalue weighted by atomic mass is 10.0. The van der Waals surface area contributed by atoms with Gasteiger partial charge in [-0.3, -0.25) is 4.68 Å². The summed E-state index contributed by atoms with van der Waals surface area (Å²) in [4.78, 5) is 3.58. The molecule has 2 aromatic heterocycles. The Labute approximate surface area is 221 Å². The minimum Gasteiger partial charge on any atom is -0.474 e. The molecule has 3 heterocycles. The fourth-order valence-electron chi connectivity index (χ4n) is 3.88. The zero-order chi connectivity index (χ0) is 28.8. The summed E-state index contributed by atoms with van der Waals surface area (Å²) in [5, 5.41) is 21.5. The Morgan fingerprint density at radius 3 is 2.54 bits per heavy atom. The molecule has 1 aliphatic rings. The van der Waals surface area contributed by atoms with Crippen molar-refractivity contribution < 1.29 is 40.9 Å². The average molecular weight is 562 g/mol. The van der Waals surface area contributed by atoms with Crippen LogP contribution in [0.15, 0.2) is 40.7 Å². The van der Waals surface area contributed by atoms with Gasteiger partial charge in [0.1, 0.15) is 11.8 Å². The molecule has 14 heteroatoms. The van der Waals surface area contributed by atoms with Gasteiger partial charge in [0, 0.05) is 38.4 Å². The average Bonchev–Trinajstić information content (AvgIpc) is 3.22. The van der Waals surface area contributed by atoms with Crippen LogP contribution in [0.1, 0.15) is 55.1 Å². The second kappa shape index (κ2) is 12.7.